The Hall–Kier alpha value is -1.74. The zero-order valence-electron chi connectivity index (χ0n) is 12.2. The molecule has 4 rings (SSSR count). The maximum Gasteiger partial charge on any atom is 0.0595 e. The molecular formula is C19H13Cl2NS. The van der Waals surface area contributed by atoms with Gasteiger partial charge in [0.25, 0.3) is 0 Å². The zero-order chi connectivity index (χ0) is 15.8. The highest BCUT2D eigenvalue weighted by atomic mass is 35.5. The largest absolute Gasteiger partial charge is 0.343 e. The predicted molar refractivity (Wildman–Crippen MR) is 101 cm³/mol. The number of benzene rings is 2. The van der Waals surface area contributed by atoms with E-state index in [0.29, 0.717) is 10.0 Å². The van der Waals surface area contributed by atoms with Gasteiger partial charge in [0.2, 0.25) is 0 Å². The number of aromatic nitrogens is 1. The van der Waals surface area contributed by atoms with E-state index >= 15 is 0 Å². The smallest absolute Gasteiger partial charge is 0.0595 e. The van der Waals surface area contributed by atoms with E-state index < -0.39 is 0 Å². The molecule has 4 heteroatoms. The Morgan fingerprint density at radius 2 is 1.87 bits per heavy atom. The number of nitrogens with zero attached hydrogens (tertiary/aromatic N) is 1. The molecule has 0 saturated heterocycles. The van der Waals surface area contributed by atoms with Gasteiger partial charge in [0.05, 0.1) is 10.0 Å². The standard InChI is InChI=1S/C19H13Cl2NS/c20-17-5-4-13(10-18(17)21)11-22-8-6-16-15(2-1-3-19(16)22)14-7-9-23-12-14/h1-10,12H,11H2. The van der Waals surface area contributed by atoms with Crippen LogP contribution >= 0.6 is 34.5 Å². The van der Waals surface area contributed by atoms with Gasteiger partial charge < -0.3 is 4.57 Å². The molecule has 0 amide bonds. The molecular weight excluding hydrogens is 345 g/mol. The monoisotopic (exact) mass is 357 g/mol. The van der Waals surface area contributed by atoms with Crippen molar-refractivity contribution in [2.45, 2.75) is 6.54 Å². The molecule has 0 radical (unpaired) electrons. The van der Waals surface area contributed by atoms with E-state index in [-0.39, 0.29) is 0 Å². The fraction of sp³-hybridized carbons (Fsp3) is 0.0526. The molecule has 0 bridgehead atoms. The first-order valence-corrected chi connectivity index (χ1v) is 8.96. The normalized spacial score (nSPS) is 11.2. The Morgan fingerprint density at radius 1 is 0.957 bits per heavy atom. The first-order chi connectivity index (χ1) is 11.2. The molecule has 2 heterocycles. The van der Waals surface area contributed by atoms with Crippen LogP contribution in [0.1, 0.15) is 5.56 Å². The summed E-state index contributed by atoms with van der Waals surface area (Å²) in [5.41, 5.74) is 4.90. The molecule has 0 aliphatic rings. The molecule has 0 unspecified atom stereocenters. The summed E-state index contributed by atoms with van der Waals surface area (Å²) >= 11 is 13.8. The second-order valence-electron chi connectivity index (χ2n) is 5.44. The van der Waals surface area contributed by atoms with Gasteiger partial charge in [-0.2, -0.15) is 11.3 Å². The average molecular weight is 358 g/mol. The summed E-state index contributed by atoms with van der Waals surface area (Å²) < 4.78 is 2.24. The van der Waals surface area contributed by atoms with Crippen LogP contribution in [0.15, 0.2) is 65.5 Å². The maximum atomic E-state index is 6.12. The molecule has 2 aromatic carbocycles. The first-order valence-electron chi connectivity index (χ1n) is 7.27. The second kappa shape index (κ2) is 6.04. The number of hydrogen-bond donors (Lipinski definition) is 0. The number of fused-ring (bicyclic) bond motifs is 1. The number of rotatable bonds is 3. The maximum absolute atomic E-state index is 6.12. The highest BCUT2D eigenvalue weighted by molar-refractivity contribution is 7.08. The van der Waals surface area contributed by atoms with Gasteiger partial charge in [-0.3, -0.25) is 0 Å². The fourth-order valence-electron chi connectivity index (χ4n) is 2.87. The first kappa shape index (κ1) is 14.8. The predicted octanol–water partition coefficient (Wildman–Crippen LogP) is 6.72. The van der Waals surface area contributed by atoms with E-state index in [1.165, 1.54) is 22.0 Å². The Morgan fingerprint density at radius 3 is 2.65 bits per heavy atom. The third-order valence-electron chi connectivity index (χ3n) is 3.98. The zero-order valence-corrected chi connectivity index (χ0v) is 14.5. The molecule has 1 nitrogen and oxygen atoms in total. The van der Waals surface area contributed by atoms with E-state index in [1.54, 1.807) is 11.3 Å². The second-order valence-corrected chi connectivity index (χ2v) is 7.04. The molecule has 23 heavy (non-hydrogen) atoms. The Kier molecular flexibility index (Phi) is 3.90. The third kappa shape index (κ3) is 2.78. The van der Waals surface area contributed by atoms with Crippen molar-refractivity contribution in [2.75, 3.05) is 0 Å². The summed E-state index contributed by atoms with van der Waals surface area (Å²) in [5, 5.41) is 6.75. The van der Waals surface area contributed by atoms with Gasteiger partial charge in [0.1, 0.15) is 0 Å². The van der Waals surface area contributed by atoms with Crippen molar-refractivity contribution >= 4 is 45.4 Å². The molecule has 2 aromatic heterocycles. The highest BCUT2D eigenvalue weighted by Gasteiger charge is 2.08. The van der Waals surface area contributed by atoms with Gasteiger partial charge in [-0.15, -0.1) is 0 Å². The molecule has 0 N–H and O–H groups in total. The van der Waals surface area contributed by atoms with E-state index in [1.807, 2.05) is 18.2 Å². The lowest BCUT2D eigenvalue weighted by Crippen LogP contribution is -1.97. The van der Waals surface area contributed by atoms with Gasteiger partial charge in [0, 0.05) is 23.6 Å². The Labute approximate surface area is 148 Å². The van der Waals surface area contributed by atoms with Crippen molar-refractivity contribution in [1.29, 1.82) is 0 Å². The molecule has 0 saturated carbocycles. The number of halogens is 2. The molecule has 4 aromatic rings. The van der Waals surface area contributed by atoms with Gasteiger partial charge in [-0.25, -0.2) is 0 Å². The molecule has 0 atom stereocenters. The summed E-state index contributed by atoms with van der Waals surface area (Å²) in [6.45, 7) is 0.771. The van der Waals surface area contributed by atoms with Gasteiger partial charge in [0.15, 0.2) is 0 Å². The van der Waals surface area contributed by atoms with Crippen LogP contribution in [-0.2, 0) is 6.54 Å². The minimum atomic E-state index is 0.590. The van der Waals surface area contributed by atoms with Crippen molar-refractivity contribution in [1.82, 2.24) is 4.57 Å². The van der Waals surface area contributed by atoms with E-state index in [0.717, 1.165) is 12.1 Å². The lowest BCUT2D eigenvalue weighted by Gasteiger charge is -2.08. The van der Waals surface area contributed by atoms with Crippen LogP contribution in [-0.4, -0.2) is 4.57 Å². The Balaban J connectivity index is 1.77. The topological polar surface area (TPSA) is 4.93 Å². The van der Waals surface area contributed by atoms with Crippen molar-refractivity contribution in [2.24, 2.45) is 0 Å². The molecule has 0 aliphatic carbocycles. The molecule has 0 fully saturated rings. The van der Waals surface area contributed by atoms with Crippen LogP contribution < -0.4 is 0 Å². The van der Waals surface area contributed by atoms with Crippen LogP contribution in [0.5, 0.6) is 0 Å². The van der Waals surface area contributed by atoms with Crippen LogP contribution in [0.2, 0.25) is 10.0 Å². The van der Waals surface area contributed by atoms with Crippen molar-refractivity contribution in [3.8, 4) is 11.1 Å². The van der Waals surface area contributed by atoms with Crippen LogP contribution in [0, 0.1) is 0 Å². The van der Waals surface area contributed by atoms with Gasteiger partial charge in [-0.1, -0.05) is 41.4 Å². The molecule has 0 aliphatic heterocycles. The number of thiophene rings is 1. The summed E-state index contributed by atoms with van der Waals surface area (Å²) in [7, 11) is 0. The van der Waals surface area contributed by atoms with Crippen molar-refractivity contribution in [3.63, 3.8) is 0 Å². The highest BCUT2D eigenvalue weighted by Crippen LogP contribution is 2.31. The third-order valence-corrected chi connectivity index (χ3v) is 5.41. The summed E-state index contributed by atoms with van der Waals surface area (Å²) in [6.07, 6.45) is 2.13. The summed E-state index contributed by atoms with van der Waals surface area (Å²) in [4.78, 5) is 0. The van der Waals surface area contributed by atoms with Gasteiger partial charge in [-0.05, 0) is 57.8 Å². The van der Waals surface area contributed by atoms with Gasteiger partial charge >= 0.3 is 0 Å². The van der Waals surface area contributed by atoms with E-state index in [2.05, 4.69) is 51.9 Å². The molecule has 0 spiro atoms. The van der Waals surface area contributed by atoms with Crippen LogP contribution in [0.3, 0.4) is 0 Å². The van der Waals surface area contributed by atoms with Crippen molar-refractivity contribution in [3.05, 3.63) is 81.1 Å². The fourth-order valence-corrected chi connectivity index (χ4v) is 3.84. The number of hydrogen-bond acceptors (Lipinski definition) is 1. The lowest BCUT2D eigenvalue weighted by molar-refractivity contribution is 0.837. The van der Waals surface area contributed by atoms with Crippen molar-refractivity contribution < 1.29 is 0 Å². The minimum absolute atomic E-state index is 0.590. The summed E-state index contributed by atoms with van der Waals surface area (Å²) in [6, 6.07) is 16.6. The van der Waals surface area contributed by atoms with E-state index in [9.17, 15) is 0 Å². The lowest BCUT2D eigenvalue weighted by atomic mass is 10.1. The Bertz CT molecular complexity index is 970. The van der Waals surface area contributed by atoms with E-state index in [4.69, 9.17) is 23.2 Å². The minimum Gasteiger partial charge on any atom is -0.343 e. The summed E-state index contributed by atoms with van der Waals surface area (Å²) in [5.74, 6) is 0. The molecule has 114 valence electrons. The average Bonchev–Trinajstić information content (AvgIpc) is 3.21. The van der Waals surface area contributed by atoms with Crippen LogP contribution in [0.4, 0.5) is 0 Å². The SMILES string of the molecule is Clc1ccc(Cn2ccc3c(-c4ccsc4)cccc32)cc1Cl. The quantitative estimate of drug-likeness (QED) is 0.383. The van der Waals surface area contributed by atoms with Crippen LogP contribution in [0.25, 0.3) is 22.0 Å².